The lowest BCUT2D eigenvalue weighted by molar-refractivity contribution is -0.126. The van der Waals surface area contributed by atoms with Crippen LogP contribution < -0.4 is 5.73 Å². The van der Waals surface area contributed by atoms with Crippen molar-refractivity contribution in [3.05, 3.63) is 95.8 Å². The van der Waals surface area contributed by atoms with Crippen molar-refractivity contribution in [2.75, 3.05) is 13.1 Å². The molecular weight excluding hydrogens is 379 g/mol. The molecule has 4 rings (SSSR count). The van der Waals surface area contributed by atoms with Crippen molar-refractivity contribution in [3.8, 4) is 11.1 Å². The van der Waals surface area contributed by atoms with Gasteiger partial charge in [0.15, 0.2) is 0 Å². The van der Waals surface area contributed by atoms with Crippen LogP contribution in [-0.2, 0) is 11.2 Å². The van der Waals surface area contributed by atoms with E-state index in [1.54, 1.807) is 35.2 Å². The van der Waals surface area contributed by atoms with Gasteiger partial charge in [-0.2, -0.15) is 0 Å². The number of carbonyl (C=O) groups is 2. The van der Waals surface area contributed by atoms with E-state index in [0.29, 0.717) is 30.5 Å². The minimum Gasteiger partial charge on any atom is -0.369 e. The molecule has 0 spiro atoms. The summed E-state index contributed by atoms with van der Waals surface area (Å²) in [6.07, 6.45) is 0.831. The Morgan fingerprint density at radius 1 is 0.900 bits per heavy atom. The molecule has 0 unspecified atom stereocenters. The predicted octanol–water partition coefficient (Wildman–Crippen LogP) is 4.05. The standard InChI is InChI=1S/C25H23FN2O2/c26-22-13-7-6-12-21(22)20-11-5-4-10-19(20)16-25(24(27)30)14-15-28(17-25)23(29)18-8-2-1-3-9-18/h1-13H,14-17H2,(H2,27,30)/t25-/m0/s1. The quantitative estimate of drug-likeness (QED) is 0.700. The summed E-state index contributed by atoms with van der Waals surface area (Å²) in [4.78, 5) is 27.1. The Bertz CT molecular complexity index is 1080. The number of benzene rings is 3. The number of nitrogens with zero attached hydrogens (tertiary/aromatic N) is 1. The molecule has 3 aromatic carbocycles. The van der Waals surface area contributed by atoms with Crippen LogP contribution in [0.3, 0.4) is 0 Å². The van der Waals surface area contributed by atoms with Crippen molar-refractivity contribution in [1.82, 2.24) is 4.90 Å². The van der Waals surface area contributed by atoms with Gasteiger partial charge in [-0.25, -0.2) is 4.39 Å². The molecule has 1 aliphatic heterocycles. The maximum atomic E-state index is 14.4. The average molecular weight is 402 g/mol. The first kappa shape index (κ1) is 19.8. The lowest BCUT2D eigenvalue weighted by Gasteiger charge is -2.27. The van der Waals surface area contributed by atoms with E-state index in [1.807, 2.05) is 42.5 Å². The Morgan fingerprint density at radius 2 is 1.53 bits per heavy atom. The summed E-state index contributed by atoms with van der Waals surface area (Å²) >= 11 is 0. The maximum Gasteiger partial charge on any atom is 0.253 e. The Labute approximate surface area is 175 Å². The molecule has 30 heavy (non-hydrogen) atoms. The van der Waals surface area contributed by atoms with E-state index in [9.17, 15) is 14.0 Å². The molecule has 0 aromatic heterocycles. The number of amides is 2. The number of primary amides is 1. The van der Waals surface area contributed by atoms with Crippen LogP contribution in [0.2, 0.25) is 0 Å². The van der Waals surface area contributed by atoms with Gasteiger partial charge in [0.05, 0.1) is 5.41 Å². The van der Waals surface area contributed by atoms with Gasteiger partial charge in [0.25, 0.3) is 5.91 Å². The fourth-order valence-corrected chi connectivity index (χ4v) is 4.22. The molecule has 2 amide bonds. The first-order valence-electron chi connectivity index (χ1n) is 9.97. The highest BCUT2D eigenvalue weighted by Crippen LogP contribution is 2.38. The van der Waals surface area contributed by atoms with Crippen molar-refractivity contribution in [1.29, 1.82) is 0 Å². The summed E-state index contributed by atoms with van der Waals surface area (Å²) in [6.45, 7) is 0.709. The molecule has 3 aromatic rings. The molecule has 0 saturated carbocycles. The number of likely N-dealkylation sites (tertiary alicyclic amines) is 1. The highest BCUT2D eigenvalue weighted by Gasteiger charge is 2.45. The zero-order chi connectivity index (χ0) is 21.1. The minimum atomic E-state index is -0.883. The van der Waals surface area contributed by atoms with E-state index in [-0.39, 0.29) is 18.3 Å². The van der Waals surface area contributed by atoms with Gasteiger partial charge in [-0.1, -0.05) is 60.7 Å². The molecule has 1 saturated heterocycles. The Hall–Kier alpha value is -3.47. The van der Waals surface area contributed by atoms with E-state index >= 15 is 0 Å². The topological polar surface area (TPSA) is 63.4 Å². The summed E-state index contributed by atoms with van der Waals surface area (Å²) in [5.41, 5.74) is 7.63. The zero-order valence-electron chi connectivity index (χ0n) is 16.6. The van der Waals surface area contributed by atoms with E-state index in [0.717, 1.165) is 11.1 Å². The van der Waals surface area contributed by atoms with Gasteiger partial charge in [-0.15, -0.1) is 0 Å². The highest BCUT2D eigenvalue weighted by molar-refractivity contribution is 5.95. The molecule has 0 bridgehead atoms. The van der Waals surface area contributed by atoms with Crippen molar-refractivity contribution >= 4 is 11.8 Å². The van der Waals surface area contributed by atoms with Crippen LogP contribution in [0.1, 0.15) is 22.3 Å². The molecule has 0 radical (unpaired) electrons. The summed E-state index contributed by atoms with van der Waals surface area (Å²) < 4.78 is 14.4. The number of halogens is 1. The smallest absolute Gasteiger partial charge is 0.253 e. The molecule has 1 fully saturated rings. The summed E-state index contributed by atoms with van der Waals surface area (Å²) in [7, 11) is 0. The summed E-state index contributed by atoms with van der Waals surface area (Å²) in [5.74, 6) is -0.860. The molecule has 1 atom stereocenters. The minimum absolute atomic E-state index is 0.110. The first-order chi connectivity index (χ1) is 14.5. The lowest BCUT2D eigenvalue weighted by atomic mass is 9.78. The lowest BCUT2D eigenvalue weighted by Crippen LogP contribution is -2.42. The van der Waals surface area contributed by atoms with Crippen molar-refractivity contribution in [2.24, 2.45) is 11.1 Å². The van der Waals surface area contributed by atoms with E-state index < -0.39 is 11.3 Å². The molecule has 2 N–H and O–H groups in total. The molecule has 152 valence electrons. The number of nitrogens with two attached hydrogens (primary N) is 1. The monoisotopic (exact) mass is 402 g/mol. The second-order valence-corrected chi connectivity index (χ2v) is 7.80. The third-order valence-electron chi connectivity index (χ3n) is 5.89. The van der Waals surface area contributed by atoms with E-state index in [4.69, 9.17) is 5.73 Å². The Kier molecular flexibility index (Phi) is 5.36. The van der Waals surface area contributed by atoms with Crippen LogP contribution in [0.5, 0.6) is 0 Å². The molecule has 1 heterocycles. The van der Waals surface area contributed by atoms with Gasteiger partial charge in [-0.05, 0) is 42.2 Å². The normalized spacial score (nSPS) is 18.4. The molecular formula is C25H23FN2O2. The highest BCUT2D eigenvalue weighted by atomic mass is 19.1. The second-order valence-electron chi connectivity index (χ2n) is 7.80. The Balaban J connectivity index is 1.64. The van der Waals surface area contributed by atoms with Crippen LogP contribution in [0, 0.1) is 11.2 Å². The number of hydrogen-bond acceptors (Lipinski definition) is 2. The molecule has 1 aliphatic rings. The molecule has 5 heteroatoms. The van der Waals surface area contributed by atoms with Crippen LogP contribution in [0.25, 0.3) is 11.1 Å². The predicted molar refractivity (Wildman–Crippen MR) is 114 cm³/mol. The third kappa shape index (κ3) is 3.71. The van der Waals surface area contributed by atoms with Crippen LogP contribution in [0.4, 0.5) is 4.39 Å². The van der Waals surface area contributed by atoms with Crippen molar-refractivity contribution in [3.63, 3.8) is 0 Å². The average Bonchev–Trinajstić information content (AvgIpc) is 3.20. The van der Waals surface area contributed by atoms with E-state index in [2.05, 4.69) is 0 Å². The number of carbonyl (C=O) groups excluding carboxylic acids is 2. The van der Waals surface area contributed by atoms with Crippen molar-refractivity contribution < 1.29 is 14.0 Å². The fourth-order valence-electron chi connectivity index (χ4n) is 4.22. The van der Waals surface area contributed by atoms with Gasteiger partial charge in [-0.3, -0.25) is 9.59 Å². The number of hydrogen-bond donors (Lipinski definition) is 1. The SMILES string of the molecule is NC(=O)[C@]1(Cc2ccccc2-c2ccccc2F)CCN(C(=O)c2ccccc2)C1. The number of rotatable bonds is 5. The van der Waals surface area contributed by atoms with Crippen LogP contribution in [0.15, 0.2) is 78.9 Å². The van der Waals surface area contributed by atoms with Gasteiger partial charge < -0.3 is 10.6 Å². The third-order valence-corrected chi connectivity index (χ3v) is 5.89. The summed E-state index contributed by atoms with van der Waals surface area (Å²) in [5, 5.41) is 0. The molecule has 4 nitrogen and oxygen atoms in total. The summed E-state index contributed by atoms with van der Waals surface area (Å²) in [6, 6.07) is 23.1. The van der Waals surface area contributed by atoms with Crippen LogP contribution >= 0.6 is 0 Å². The van der Waals surface area contributed by atoms with Gasteiger partial charge >= 0.3 is 0 Å². The Morgan fingerprint density at radius 3 is 2.23 bits per heavy atom. The zero-order valence-corrected chi connectivity index (χ0v) is 16.6. The van der Waals surface area contributed by atoms with Crippen LogP contribution in [-0.4, -0.2) is 29.8 Å². The van der Waals surface area contributed by atoms with Gasteiger partial charge in [0, 0.05) is 24.2 Å². The second kappa shape index (κ2) is 8.11. The van der Waals surface area contributed by atoms with E-state index in [1.165, 1.54) is 6.07 Å². The fraction of sp³-hybridized carbons (Fsp3) is 0.200. The van der Waals surface area contributed by atoms with Gasteiger partial charge in [0.2, 0.25) is 5.91 Å². The maximum absolute atomic E-state index is 14.4. The van der Waals surface area contributed by atoms with Gasteiger partial charge in [0.1, 0.15) is 5.82 Å². The van der Waals surface area contributed by atoms with Crippen molar-refractivity contribution in [2.45, 2.75) is 12.8 Å². The molecule has 0 aliphatic carbocycles. The largest absolute Gasteiger partial charge is 0.369 e. The first-order valence-corrected chi connectivity index (χ1v) is 9.97.